The van der Waals surface area contributed by atoms with Crippen molar-refractivity contribution >= 4 is 34.4 Å². The molecule has 0 aliphatic rings. The minimum Gasteiger partial charge on any atom is -0.369 e. The number of carbonyl (C=O) groups is 2. The quantitative estimate of drug-likeness (QED) is 0.752. The zero-order valence-corrected chi connectivity index (χ0v) is 11.9. The number of fused-ring (bicyclic) bond motifs is 1. The number of hydrogen-bond acceptors (Lipinski definition) is 4. The number of carbonyl (C=O) groups excluding carboxylic acids is 2. The molecule has 3 rings (SSSR count). The average molecular weight is 296 g/mol. The molecule has 0 radical (unpaired) electrons. The van der Waals surface area contributed by atoms with Crippen LogP contribution < -0.4 is 5.73 Å². The number of amides is 1. The molecule has 2 N–H and O–H groups in total. The fourth-order valence-corrected chi connectivity index (χ4v) is 2.90. The molecule has 0 saturated carbocycles. The summed E-state index contributed by atoms with van der Waals surface area (Å²) in [5.41, 5.74) is 8.93. The van der Waals surface area contributed by atoms with Crippen LogP contribution in [0.3, 0.4) is 0 Å². The van der Waals surface area contributed by atoms with Gasteiger partial charge < -0.3 is 5.73 Å². The molecule has 0 aliphatic heterocycles. The Hall–Kier alpha value is -2.53. The molecule has 104 valence electrons. The molecule has 1 aromatic carbocycles. The number of aromatic nitrogens is 1. The topological polar surface area (TPSA) is 73.1 Å². The van der Waals surface area contributed by atoms with Gasteiger partial charge in [-0.1, -0.05) is 12.1 Å². The fraction of sp³-hybridized carbons (Fsp3) is 0.0625. The Bertz CT molecular complexity index is 826. The van der Waals surface area contributed by atoms with Crippen molar-refractivity contribution in [3.8, 4) is 11.3 Å². The van der Waals surface area contributed by atoms with Gasteiger partial charge in [0.05, 0.1) is 17.6 Å². The van der Waals surface area contributed by atoms with Crippen molar-refractivity contribution in [2.24, 2.45) is 5.73 Å². The molecule has 0 unspecified atom stereocenters. The largest absolute Gasteiger partial charge is 0.369 e. The van der Waals surface area contributed by atoms with Crippen LogP contribution in [0, 0.1) is 0 Å². The van der Waals surface area contributed by atoms with Gasteiger partial charge in [0.25, 0.3) is 0 Å². The zero-order valence-electron chi connectivity index (χ0n) is 11.1. The number of nitrogens with zero attached hydrogens (tertiary/aromatic N) is 1. The minimum atomic E-state index is -0.378. The Morgan fingerprint density at radius 3 is 2.81 bits per heavy atom. The number of nitrogens with two attached hydrogens (primary N) is 1. The lowest BCUT2D eigenvalue weighted by molar-refractivity contribution is -0.117. The normalized spacial score (nSPS) is 10.7. The smallest absolute Gasteiger partial charge is 0.221 e. The fourth-order valence-electron chi connectivity index (χ4n) is 2.26. The van der Waals surface area contributed by atoms with Crippen LogP contribution in [0.25, 0.3) is 22.2 Å². The van der Waals surface area contributed by atoms with E-state index in [1.807, 2.05) is 41.1 Å². The van der Waals surface area contributed by atoms with E-state index in [1.54, 1.807) is 11.3 Å². The van der Waals surface area contributed by atoms with Crippen LogP contribution in [0.1, 0.15) is 15.9 Å². The molecule has 0 spiro atoms. The lowest BCUT2D eigenvalue weighted by atomic mass is 10.0. The minimum absolute atomic E-state index is 0.181. The second kappa shape index (κ2) is 5.46. The van der Waals surface area contributed by atoms with Crippen molar-refractivity contribution in [1.29, 1.82) is 0 Å². The predicted molar refractivity (Wildman–Crippen MR) is 83.3 cm³/mol. The maximum atomic E-state index is 11.3. The molecular weight excluding hydrogens is 284 g/mol. The summed E-state index contributed by atoms with van der Waals surface area (Å²) in [4.78, 5) is 26.9. The third-order valence-corrected chi connectivity index (χ3v) is 3.89. The first-order chi connectivity index (χ1) is 10.2. The van der Waals surface area contributed by atoms with Crippen LogP contribution in [0.2, 0.25) is 0 Å². The molecule has 0 bridgehead atoms. The lowest BCUT2D eigenvalue weighted by Gasteiger charge is -2.06. The van der Waals surface area contributed by atoms with Gasteiger partial charge in [-0.2, -0.15) is 11.3 Å². The van der Waals surface area contributed by atoms with Crippen LogP contribution in [0.4, 0.5) is 0 Å². The van der Waals surface area contributed by atoms with Gasteiger partial charge in [-0.05, 0) is 29.1 Å². The third kappa shape index (κ3) is 2.68. The average Bonchev–Trinajstić information content (AvgIpc) is 2.99. The van der Waals surface area contributed by atoms with E-state index < -0.39 is 0 Å². The van der Waals surface area contributed by atoms with Crippen LogP contribution >= 0.6 is 11.3 Å². The van der Waals surface area contributed by atoms with Gasteiger partial charge in [0, 0.05) is 21.9 Å². The summed E-state index contributed by atoms with van der Waals surface area (Å²) >= 11 is 1.55. The summed E-state index contributed by atoms with van der Waals surface area (Å²) in [6.07, 6.45) is 0.998. The van der Waals surface area contributed by atoms with E-state index in [1.165, 1.54) is 0 Å². The standard InChI is InChI=1S/C16H12N2O2S/c17-15(20)6-10-1-2-11-7-13(8-19)16(18-14(11)5-10)12-3-4-21-9-12/h1-5,7-9H,6H2,(H2,17,20). The van der Waals surface area contributed by atoms with Gasteiger partial charge >= 0.3 is 0 Å². The van der Waals surface area contributed by atoms with Gasteiger partial charge in [0.15, 0.2) is 6.29 Å². The Kier molecular flexibility index (Phi) is 3.50. The van der Waals surface area contributed by atoms with Crippen LogP contribution in [0.5, 0.6) is 0 Å². The van der Waals surface area contributed by atoms with Crippen LogP contribution in [0.15, 0.2) is 41.1 Å². The van der Waals surface area contributed by atoms with Crippen molar-refractivity contribution in [2.45, 2.75) is 6.42 Å². The van der Waals surface area contributed by atoms with Gasteiger partial charge in [0.1, 0.15) is 0 Å². The molecule has 21 heavy (non-hydrogen) atoms. The van der Waals surface area contributed by atoms with Gasteiger partial charge in [-0.15, -0.1) is 0 Å². The maximum Gasteiger partial charge on any atom is 0.221 e. The van der Waals surface area contributed by atoms with E-state index in [2.05, 4.69) is 4.98 Å². The first-order valence-electron chi connectivity index (χ1n) is 6.37. The number of benzene rings is 1. The summed E-state index contributed by atoms with van der Waals surface area (Å²) in [5.74, 6) is -0.378. The van der Waals surface area contributed by atoms with E-state index >= 15 is 0 Å². The highest BCUT2D eigenvalue weighted by molar-refractivity contribution is 7.08. The maximum absolute atomic E-state index is 11.3. The first kappa shape index (κ1) is 13.5. The van der Waals surface area contributed by atoms with Gasteiger partial charge in [0.2, 0.25) is 5.91 Å². The van der Waals surface area contributed by atoms with Crippen molar-refractivity contribution < 1.29 is 9.59 Å². The summed E-state index contributed by atoms with van der Waals surface area (Å²) < 4.78 is 0. The van der Waals surface area contributed by atoms with E-state index in [0.29, 0.717) is 11.3 Å². The van der Waals surface area contributed by atoms with Crippen molar-refractivity contribution in [3.05, 3.63) is 52.2 Å². The molecular formula is C16H12N2O2S. The van der Waals surface area contributed by atoms with E-state index in [-0.39, 0.29) is 12.3 Å². The molecule has 2 heterocycles. The van der Waals surface area contributed by atoms with Crippen molar-refractivity contribution in [2.75, 3.05) is 0 Å². The number of rotatable bonds is 4. The zero-order chi connectivity index (χ0) is 14.8. The predicted octanol–water partition coefficient (Wildman–Crippen LogP) is 2.80. The highest BCUT2D eigenvalue weighted by atomic mass is 32.1. The molecule has 2 aromatic heterocycles. The molecule has 5 heteroatoms. The van der Waals surface area contributed by atoms with E-state index in [9.17, 15) is 9.59 Å². The Balaban J connectivity index is 2.18. The second-order valence-corrected chi connectivity index (χ2v) is 5.51. The van der Waals surface area contributed by atoms with Gasteiger partial charge in [-0.3, -0.25) is 9.59 Å². The SMILES string of the molecule is NC(=O)Cc1ccc2cc(C=O)c(-c3ccsc3)nc2c1. The number of thiophene rings is 1. The molecule has 0 saturated heterocycles. The second-order valence-electron chi connectivity index (χ2n) is 4.73. The molecule has 4 nitrogen and oxygen atoms in total. The number of hydrogen-bond donors (Lipinski definition) is 1. The Morgan fingerprint density at radius 1 is 1.29 bits per heavy atom. The number of pyridine rings is 1. The summed E-state index contributed by atoms with van der Waals surface area (Å²) in [6.45, 7) is 0. The van der Waals surface area contributed by atoms with E-state index in [4.69, 9.17) is 5.73 Å². The summed E-state index contributed by atoms with van der Waals surface area (Å²) in [6, 6.07) is 9.26. The van der Waals surface area contributed by atoms with Gasteiger partial charge in [-0.25, -0.2) is 4.98 Å². The lowest BCUT2D eigenvalue weighted by Crippen LogP contribution is -2.13. The first-order valence-corrected chi connectivity index (χ1v) is 7.31. The Morgan fingerprint density at radius 2 is 2.14 bits per heavy atom. The highest BCUT2D eigenvalue weighted by Gasteiger charge is 2.10. The van der Waals surface area contributed by atoms with Crippen molar-refractivity contribution in [3.63, 3.8) is 0 Å². The number of primary amides is 1. The molecule has 0 atom stereocenters. The molecule has 0 aliphatic carbocycles. The molecule has 0 fully saturated rings. The molecule has 1 amide bonds. The van der Waals surface area contributed by atoms with Crippen LogP contribution in [-0.2, 0) is 11.2 Å². The highest BCUT2D eigenvalue weighted by Crippen LogP contribution is 2.27. The number of aldehydes is 1. The summed E-state index contributed by atoms with van der Waals surface area (Å²) in [7, 11) is 0. The molecule has 3 aromatic rings. The van der Waals surface area contributed by atoms with Crippen molar-refractivity contribution in [1.82, 2.24) is 4.98 Å². The summed E-state index contributed by atoms with van der Waals surface area (Å²) in [5, 5.41) is 4.76. The Labute approximate surface area is 125 Å². The third-order valence-electron chi connectivity index (χ3n) is 3.21. The van der Waals surface area contributed by atoms with E-state index in [0.717, 1.165) is 28.3 Å². The van der Waals surface area contributed by atoms with Crippen LogP contribution in [-0.4, -0.2) is 17.2 Å². The monoisotopic (exact) mass is 296 g/mol.